The second-order valence-electron chi connectivity index (χ2n) is 5.20. The molecule has 1 N–H and O–H groups in total. The van der Waals surface area contributed by atoms with Gasteiger partial charge in [-0.05, 0) is 12.8 Å². The molecule has 1 saturated heterocycles. The predicted octanol–water partition coefficient (Wildman–Crippen LogP) is -0.842. The lowest BCUT2D eigenvalue weighted by Crippen LogP contribution is -2.62. The van der Waals surface area contributed by atoms with E-state index in [2.05, 4.69) is 5.32 Å². The van der Waals surface area contributed by atoms with Gasteiger partial charge in [0.1, 0.15) is 5.75 Å². The number of amides is 2. The Morgan fingerprint density at radius 2 is 1.89 bits per heavy atom. The lowest BCUT2D eigenvalue weighted by atomic mass is 9.84. The molecule has 1 aliphatic carbocycles. The zero-order valence-electron chi connectivity index (χ0n) is 10.4. The summed E-state index contributed by atoms with van der Waals surface area (Å²) in [6.07, 6.45) is 4.06. The van der Waals surface area contributed by atoms with E-state index in [1.165, 1.54) is 4.90 Å². The van der Waals surface area contributed by atoms with Gasteiger partial charge >= 0.3 is 0 Å². The Kier molecular flexibility index (Phi) is 3.61. The molecule has 2 aliphatic rings. The van der Waals surface area contributed by atoms with Crippen molar-refractivity contribution in [1.29, 1.82) is 0 Å². The number of rotatable bonds is 4. The van der Waals surface area contributed by atoms with Crippen molar-refractivity contribution in [2.24, 2.45) is 5.92 Å². The van der Waals surface area contributed by atoms with Gasteiger partial charge in [-0.3, -0.25) is 9.59 Å². The largest absolute Gasteiger partial charge is 0.350 e. The molecule has 0 atom stereocenters. The Morgan fingerprint density at radius 3 is 2.33 bits per heavy atom. The van der Waals surface area contributed by atoms with Gasteiger partial charge in [-0.1, -0.05) is 6.42 Å². The van der Waals surface area contributed by atoms with Crippen molar-refractivity contribution in [3.63, 3.8) is 0 Å². The molecular weight excluding hydrogens is 256 g/mol. The van der Waals surface area contributed by atoms with Gasteiger partial charge in [0.25, 0.3) is 0 Å². The molecule has 1 aliphatic heterocycles. The Morgan fingerprint density at radius 1 is 1.28 bits per heavy atom. The number of hydrogen-bond acceptors (Lipinski definition) is 4. The number of carbonyl (C=O) groups excluding carboxylic acids is 2. The average molecular weight is 274 g/mol. The van der Waals surface area contributed by atoms with Crippen LogP contribution in [0.5, 0.6) is 0 Å². The number of likely N-dealkylation sites (tertiary alicyclic amines) is 1. The van der Waals surface area contributed by atoms with Crippen LogP contribution in [0.1, 0.15) is 19.3 Å². The average Bonchev–Trinajstić information content (AvgIpc) is 2.03. The maximum absolute atomic E-state index is 11.6. The summed E-state index contributed by atoms with van der Waals surface area (Å²) in [6.45, 7) is 0.847. The van der Waals surface area contributed by atoms with Gasteiger partial charge in [0, 0.05) is 25.3 Å². The summed E-state index contributed by atoms with van der Waals surface area (Å²) in [5, 5.41) is 2.88. The van der Waals surface area contributed by atoms with E-state index in [4.69, 9.17) is 0 Å². The van der Waals surface area contributed by atoms with Crippen LogP contribution in [0.25, 0.3) is 0 Å². The maximum Gasteiger partial charge on any atom is 0.237 e. The molecule has 0 spiro atoms. The van der Waals surface area contributed by atoms with Gasteiger partial charge < -0.3 is 10.2 Å². The summed E-state index contributed by atoms with van der Waals surface area (Å²) in [6, 6.07) is -0.0124. The first kappa shape index (κ1) is 13.3. The van der Waals surface area contributed by atoms with E-state index in [-0.39, 0.29) is 23.8 Å². The minimum atomic E-state index is -3.27. The lowest BCUT2D eigenvalue weighted by molar-refractivity contribution is -0.137. The van der Waals surface area contributed by atoms with E-state index in [9.17, 15) is 18.0 Å². The molecule has 2 rings (SSSR count). The van der Waals surface area contributed by atoms with E-state index in [0.29, 0.717) is 13.1 Å². The van der Waals surface area contributed by atoms with E-state index < -0.39 is 15.6 Å². The molecule has 2 fully saturated rings. The van der Waals surface area contributed by atoms with Crippen molar-refractivity contribution in [1.82, 2.24) is 10.2 Å². The van der Waals surface area contributed by atoms with Crippen molar-refractivity contribution in [3.8, 4) is 0 Å². The first-order chi connectivity index (χ1) is 8.35. The highest BCUT2D eigenvalue weighted by molar-refractivity contribution is 7.91. The monoisotopic (exact) mass is 274 g/mol. The molecule has 7 heteroatoms. The Hall–Kier alpha value is -1.11. The Labute approximate surface area is 107 Å². The van der Waals surface area contributed by atoms with Gasteiger partial charge in [0.2, 0.25) is 11.8 Å². The van der Waals surface area contributed by atoms with Gasteiger partial charge in [-0.15, -0.1) is 0 Å². The van der Waals surface area contributed by atoms with E-state index >= 15 is 0 Å². The third kappa shape index (κ3) is 3.22. The molecular formula is C11H18N2O4S. The highest BCUT2D eigenvalue weighted by Gasteiger charge is 2.35. The normalized spacial score (nSPS) is 21.1. The first-order valence-electron chi connectivity index (χ1n) is 6.11. The van der Waals surface area contributed by atoms with Gasteiger partial charge in [-0.2, -0.15) is 0 Å². The highest BCUT2D eigenvalue weighted by atomic mass is 32.2. The third-order valence-corrected chi connectivity index (χ3v) is 4.21. The van der Waals surface area contributed by atoms with Gasteiger partial charge in [0.15, 0.2) is 9.84 Å². The minimum absolute atomic E-state index is 0.0124. The molecule has 102 valence electrons. The maximum atomic E-state index is 11.6. The van der Waals surface area contributed by atoms with Crippen LogP contribution in [0, 0.1) is 5.92 Å². The van der Waals surface area contributed by atoms with Crippen molar-refractivity contribution < 1.29 is 18.0 Å². The summed E-state index contributed by atoms with van der Waals surface area (Å²) in [4.78, 5) is 24.6. The SMILES string of the molecule is CS(=O)(=O)CC(=O)N1CC(NC(=O)C2CCC2)C1. The van der Waals surface area contributed by atoms with E-state index in [1.54, 1.807) is 0 Å². The lowest BCUT2D eigenvalue weighted by Gasteiger charge is -2.40. The number of nitrogens with one attached hydrogen (secondary N) is 1. The topological polar surface area (TPSA) is 83.6 Å². The number of hydrogen-bond donors (Lipinski definition) is 1. The van der Waals surface area contributed by atoms with Crippen LogP contribution in [-0.4, -0.2) is 56.3 Å². The Balaban J connectivity index is 1.70. The zero-order chi connectivity index (χ0) is 13.3. The summed E-state index contributed by atoms with van der Waals surface area (Å²) in [7, 11) is -3.27. The van der Waals surface area contributed by atoms with Crippen LogP contribution in [0.3, 0.4) is 0 Å². The molecule has 0 bridgehead atoms. The quantitative estimate of drug-likeness (QED) is 0.724. The number of sulfone groups is 1. The summed E-state index contributed by atoms with van der Waals surface area (Å²) >= 11 is 0. The molecule has 1 saturated carbocycles. The van der Waals surface area contributed by atoms with Crippen molar-refractivity contribution in [3.05, 3.63) is 0 Å². The summed E-state index contributed by atoms with van der Waals surface area (Å²) in [5.41, 5.74) is 0. The van der Waals surface area contributed by atoms with Crippen LogP contribution in [0.15, 0.2) is 0 Å². The van der Waals surface area contributed by atoms with Crippen LogP contribution in [0.4, 0.5) is 0 Å². The van der Waals surface area contributed by atoms with Crippen LogP contribution in [-0.2, 0) is 19.4 Å². The fourth-order valence-corrected chi connectivity index (χ4v) is 2.71. The molecule has 0 aromatic heterocycles. The van der Waals surface area contributed by atoms with Crippen molar-refractivity contribution >= 4 is 21.7 Å². The van der Waals surface area contributed by atoms with Crippen LogP contribution < -0.4 is 5.32 Å². The van der Waals surface area contributed by atoms with E-state index in [1.807, 2.05) is 0 Å². The zero-order valence-corrected chi connectivity index (χ0v) is 11.2. The second kappa shape index (κ2) is 4.87. The van der Waals surface area contributed by atoms with Crippen LogP contribution in [0.2, 0.25) is 0 Å². The molecule has 1 heterocycles. The molecule has 0 aromatic rings. The molecule has 0 radical (unpaired) electrons. The second-order valence-corrected chi connectivity index (χ2v) is 7.34. The standard InChI is InChI=1S/C11H18N2O4S/c1-18(16,17)7-10(14)13-5-9(6-13)12-11(15)8-3-2-4-8/h8-9H,2-7H2,1H3,(H,12,15). The minimum Gasteiger partial charge on any atom is -0.350 e. The smallest absolute Gasteiger partial charge is 0.237 e. The fourth-order valence-electron chi connectivity index (χ4n) is 2.08. The molecule has 0 aromatic carbocycles. The van der Waals surface area contributed by atoms with E-state index in [0.717, 1.165) is 25.5 Å². The summed E-state index contributed by atoms with van der Waals surface area (Å²) < 4.78 is 21.9. The molecule has 2 amide bonds. The van der Waals surface area contributed by atoms with Gasteiger partial charge in [-0.25, -0.2) is 8.42 Å². The predicted molar refractivity (Wildman–Crippen MR) is 65.6 cm³/mol. The molecule has 6 nitrogen and oxygen atoms in total. The number of nitrogens with zero attached hydrogens (tertiary/aromatic N) is 1. The molecule has 0 unspecified atom stereocenters. The van der Waals surface area contributed by atoms with Gasteiger partial charge in [0.05, 0.1) is 6.04 Å². The van der Waals surface area contributed by atoms with Crippen molar-refractivity contribution in [2.75, 3.05) is 25.1 Å². The summed E-state index contributed by atoms with van der Waals surface area (Å²) in [5.74, 6) is -0.616. The fraction of sp³-hybridized carbons (Fsp3) is 0.818. The number of carbonyl (C=O) groups is 2. The molecule has 18 heavy (non-hydrogen) atoms. The highest BCUT2D eigenvalue weighted by Crippen LogP contribution is 2.26. The Bertz CT molecular complexity index is 450. The van der Waals surface area contributed by atoms with Crippen molar-refractivity contribution in [2.45, 2.75) is 25.3 Å². The third-order valence-electron chi connectivity index (χ3n) is 3.44. The first-order valence-corrected chi connectivity index (χ1v) is 8.17. The van der Waals surface area contributed by atoms with Crippen LogP contribution >= 0.6 is 0 Å².